The van der Waals surface area contributed by atoms with Gasteiger partial charge >= 0.3 is 12.1 Å². The van der Waals surface area contributed by atoms with Gasteiger partial charge in [0.25, 0.3) is 0 Å². The van der Waals surface area contributed by atoms with Crippen molar-refractivity contribution in [2.24, 2.45) is 11.8 Å². The summed E-state index contributed by atoms with van der Waals surface area (Å²) in [5, 5.41) is 0. The van der Waals surface area contributed by atoms with Gasteiger partial charge < -0.3 is 9.47 Å². The van der Waals surface area contributed by atoms with Gasteiger partial charge in [0.2, 0.25) is 0 Å². The summed E-state index contributed by atoms with van der Waals surface area (Å²) < 4.78 is 11.1. The third-order valence-corrected chi connectivity index (χ3v) is 5.44. The lowest BCUT2D eigenvalue weighted by molar-refractivity contribution is -0.151. The molecule has 0 saturated carbocycles. The standard InChI is InChI=1S/C26H51NO4/c1-7-9-11-12-13-14-15-16-19-27(26(29)30-20-10-8-2)24(18-17-22(3)4)25(28)31-21-23(5)6/h22-24H,7-21H2,1-6H3. The van der Waals surface area contributed by atoms with E-state index in [-0.39, 0.29) is 18.0 Å². The van der Waals surface area contributed by atoms with Crippen LogP contribution >= 0.6 is 0 Å². The molecule has 0 heterocycles. The molecular formula is C26H51NO4. The minimum absolute atomic E-state index is 0.271. The van der Waals surface area contributed by atoms with Crippen LogP contribution in [0.3, 0.4) is 0 Å². The number of hydrogen-bond donors (Lipinski definition) is 0. The summed E-state index contributed by atoms with van der Waals surface area (Å²) in [6, 6.07) is -0.556. The molecule has 184 valence electrons. The Bertz CT molecular complexity index is 451. The summed E-state index contributed by atoms with van der Waals surface area (Å²) >= 11 is 0. The second-order valence-electron chi connectivity index (χ2n) is 9.65. The van der Waals surface area contributed by atoms with E-state index in [4.69, 9.17) is 9.47 Å². The highest BCUT2D eigenvalue weighted by Crippen LogP contribution is 2.18. The Morgan fingerprint density at radius 1 is 0.710 bits per heavy atom. The van der Waals surface area contributed by atoms with Gasteiger partial charge in [-0.3, -0.25) is 4.90 Å². The Balaban J connectivity index is 4.98. The smallest absolute Gasteiger partial charge is 0.410 e. The normalized spacial score (nSPS) is 12.3. The largest absolute Gasteiger partial charge is 0.464 e. The Morgan fingerprint density at radius 2 is 1.29 bits per heavy atom. The molecule has 0 saturated heterocycles. The molecule has 0 aliphatic heterocycles. The van der Waals surface area contributed by atoms with E-state index in [0.29, 0.717) is 32.1 Å². The topological polar surface area (TPSA) is 55.8 Å². The summed E-state index contributed by atoms with van der Waals surface area (Å²) in [5.74, 6) is 0.440. The summed E-state index contributed by atoms with van der Waals surface area (Å²) in [6.07, 6.45) is 12.5. The number of unbranched alkanes of at least 4 members (excludes halogenated alkanes) is 8. The van der Waals surface area contributed by atoms with Gasteiger partial charge in [-0.1, -0.05) is 92.9 Å². The van der Waals surface area contributed by atoms with Crippen molar-refractivity contribution in [1.29, 1.82) is 0 Å². The second kappa shape index (κ2) is 19.4. The van der Waals surface area contributed by atoms with Crippen molar-refractivity contribution in [2.75, 3.05) is 19.8 Å². The minimum atomic E-state index is -0.556. The predicted molar refractivity (Wildman–Crippen MR) is 129 cm³/mol. The second-order valence-corrected chi connectivity index (χ2v) is 9.65. The van der Waals surface area contributed by atoms with Crippen LogP contribution in [0.15, 0.2) is 0 Å². The van der Waals surface area contributed by atoms with E-state index < -0.39 is 6.04 Å². The van der Waals surface area contributed by atoms with Crippen LogP contribution in [0.2, 0.25) is 0 Å². The first kappa shape index (κ1) is 29.7. The zero-order valence-electron chi connectivity index (χ0n) is 21.4. The Hall–Kier alpha value is -1.26. The average Bonchev–Trinajstić information content (AvgIpc) is 2.72. The van der Waals surface area contributed by atoms with Crippen LogP contribution < -0.4 is 0 Å². The van der Waals surface area contributed by atoms with E-state index in [2.05, 4.69) is 27.7 Å². The number of nitrogens with zero attached hydrogens (tertiary/aromatic N) is 1. The molecule has 0 aromatic rings. The van der Waals surface area contributed by atoms with Crippen LogP contribution in [0.4, 0.5) is 4.79 Å². The van der Waals surface area contributed by atoms with Gasteiger partial charge in [-0.2, -0.15) is 0 Å². The lowest BCUT2D eigenvalue weighted by Crippen LogP contribution is -2.47. The quantitative estimate of drug-likeness (QED) is 0.155. The highest BCUT2D eigenvalue weighted by atomic mass is 16.6. The molecule has 0 rings (SSSR count). The van der Waals surface area contributed by atoms with Gasteiger partial charge in [-0.25, -0.2) is 9.59 Å². The molecule has 1 amide bonds. The maximum atomic E-state index is 12.9. The molecule has 1 atom stereocenters. The van der Waals surface area contributed by atoms with Crippen LogP contribution in [0.25, 0.3) is 0 Å². The minimum Gasteiger partial charge on any atom is -0.464 e. The van der Waals surface area contributed by atoms with Crippen LogP contribution in [0, 0.1) is 11.8 Å². The van der Waals surface area contributed by atoms with E-state index in [1.54, 1.807) is 4.90 Å². The molecule has 0 radical (unpaired) electrons. The Labute approximate surface area is 192 Å². The van der Waals surface area contributed by atoms with Crippen molar-refractivity contribution < 1.29 is 19.1 Å². The molecule has 0 aromatic carbocycles. The highest BCUT2D eigenvalue weighted by Gasteiger charge is 2.32. The third-order valence-electron chi connectivity index (χ3n) is 5.44. The Kier molecular flexibility index (Phi) is 18.6. The first-order chi connectivity index (χ1) is 14.8. The average molecular weight is 442 g/mol. The Morgan fingerprint density at radius 3 is 1.84 bits per heavy atom. The predicted octanol–water partition coefficient (Wildman–Crippen LogP) is 7.37. The number of ether oxygens (including phenoxy) is 2. The number of esters is 1. The van der Waals surface area contributed by atoms with E-state index in [1.807, 2.05) is 13.8 Å². The SMILES string of the molecule is CCCCCCCCCCN(C(=O)OCCCC)C(CCC(C)C)C(=O)OCC(C)C. The lowest BCUT2D eigenvalue weighted by Gasteiger charge is -2.30. The molecule has 5 heteroatoms. The van der Waals surface area contributed by atoms with Crippen molar-refractivity contribution in [3.05, 3.63) is 0 Å². The van der Waals surface area contributed by atoms with Gasteiger partial charge in [-0.05, 0) is 37.5 Å². The van der Waals surface area contributed by atoms with Gasteiger partial charge in [0.1, 0.15) is 6.04 Å². The van der Waals surface area contributed by atoms with Gasteiger partial charge in [0, 0.05) is 6.54 Å². The molecule has 0 N–H and O–H groups in total. The summed E-state index contributed by atoms with van der Waals surface area (Å²) in [6.45, 7) is 14.0. The fourth-order valence-corrected chi connectivity index (χ4v) is 3.41. The molecule has 0 fully saturated rings. The van der Waals surface area contributed by atoms with Crippen LogP contribution in [0.1, 0.15) is 119 Å². The van der Waals surface area contributed by atoms with E-state index in [0.717, 1.165) is 32.1 Å². The number of rotatable bonds is 19. The third kappa shape index (κ3) is 16.1. The van der Waals surface area contributed by atoms with E-state index >= 15 is 0 Å². The lowest BCUT2D eigenvalue weighted by atomic mass is 10.0. The van der Waals surface area contributed by atoms with E-state index in [1.165, 1.54) is 38.5 Å². The van der Waals surface area contributed by atoms with Crippen molar-refractivity contribution in [3.63, 3.8) is 0 Å². The van der Waals surface area contributed by atoms with Crippen LogP contribution in [-0.2, 0) is 14.3 Å². The maximum absolute atomic E-state index is 12.9. The van der Waals surface area contributed by atoms with E-state index in [9.17, 15) is 9.59 Å². The van der Waals surface area contributed by atoms with Crippen molar-refractivity contribution >= 4 is 12.1 Å². The maximum Gasteiger partial charge on any atom is 0.410 e. The molecule has 0 aliphatic carbocycles. The van der Waals surface area contributed by atoms with Gasteiger partial charge in [0.15, 0.2) is 0 Å². The number of amides is 1. The van der Waals surface area contributed by atoms with Crippen LogP contribution in [0.5, 0.6) is 0 Å². The molecule has 1 unspecified atom stereocenters. The highest BCUT2D eigenvalue weighted by molar-refractivity contribution is 5.81. The molecule has 0 spiro atoms. The molecular weight excluding hydrogens is 390 g/mol. The summed E-state index contributed by atoms with van der Waals surface area (Å²) in [4.78, 5) is 27.4. The molecule has 0 aromatic heterocycles. The van der Waals surface area contributed by atoms with Gasteiger partial charge in [0.05, 0.1) is 13.2 Å². The number of carbonyl (C=O) groups is 2. The molecule has 0 aliphatic rings. The molecule has 31 heavy (non-hydrogen) atoms. The summed E-state index contributed by atoms with van der Waals surface area (Å²) in [5.41, 5.74) is 0. The fraction of sp³-hybridized carbons (Fsp3) is 0.923. The first-order valence-electron chi connectivity index (χ1n) is 12.9. The van der Waals surface area contributed by atoms with Crippen molar-refractivity contribution in [2.45, 2.75) is 125 Å². The van der Waals surface area contributed by atoms with Crippen LogP contribution in [-0.4, -0.2) is 42.8 Å². The first-order valence-corrected chi connectivity index (χ1v) is 12.9. The molecule has 0 bridgehead atoms. The van der Waals surface area contributed by atoms with Crippen molar-refractivity contribution in [1.82, 2.24) is 4.90 Å². The zero-order chi connectivity index (χ0) is 23.5. The zero-order valence-corrected chi connectivity index (χ0v) is 21.4. The molecule has 5 nitrogen and oxygen atoms in total. The van der Waals surface area contributed by atoms with Gasteiger partial charge in [-0.15, -0.1) is 0 Å². The fourth-order valence-electron chi connectivity index (χ4n) is 3.41. The summed E-state index contributed by atoms with van der Waals surface area (Å²) in [7, 11) is 0. The monoisotopic (exact) mass is 441 g/mol. The van der Waals surface area contributed by atoms with Crippen molar-refractivity contribution in [3.8, 4) is 0 Å². The number of hydrogen-bond acceptors (Lipinski definition) is 4. The number of carbonyl (C=O) groups excluding carboxylic acids is 2.